The normalized spacial score (nSPS) is 26.3. The van der Waals surface area contributed by atoms with Crippen molar-refractivity contribution >= 4 is 52.6 Å². The standard InChI is InChI=1S/C30H34F2N5O7PS/c1-17(38)35-11-8-20-5-6-22(28(41)36-15-25(33-2)29(16-36)9-3-10-29)37(20)27(40)21(14-35)34-26(39)24-13-18-12-19(4-7-23(18)46-24)30(31,32)45(42,43)44/h4,7,12-13,20-22,25H,3,5-6,8-11,14-16H2,1H3,(H,34,39)(H2,42,43,44)/t20-,21+,22+,25?/m1/s1. The number of hydrogen-bond donors (Lipinski definition) is 3. The molecule has 4 amide bonds. The third kappa shape index (κ3) is 5.49. The average Bonchev–Trinajstić information content (AvgIpc) is 3.70. The lowest BCUT2D eigenvalue weighted by Crippen LogP contribution is -2.61. The Hall–Kier alpha value is -3.44. The van der Waals surface area contributed by atoms with E-state index in [9.17, 15) is 32.5 Å². The third-order valence-electron chi connectivity index (χ3n) is 10.1. The van der Waals surface area contributed by atoms with Crippen LogP contribution in [0.3, 0.4) is 0 Å². The van der Waals surface area contributed by atoms with E-state index < -0.39 is 42.7 Å². The van der Waals surface area contributed by atoms with Crippen LogP contribution < -0.4 is 5.32 Å². The predicted molar refractivity (Wildman–Crippen MR) is 163 cm³/mol. The molecule has 0 bridgehead atoms. The molecule has 3 N–H and O–H groups in total. The Balaban J connectivity index is 1.24. The number of alkyl halides is 2. The minimum atomic E-state index is -5.80. The zero-order valence-corrected chi connectivity index (χ0v) is 26.7. The summed E-state index contributed by atoms with van der Waals surface area (Å²) in [5.74, 6) is -1.67. The Morgan fingerprint density at radius 3 is 2.48 bits per heavy atom. The Bertz CT molecular complexity index is 1700. The molecule has 4 aliphatic rings. The van der Waals surface area contributed by atoms with Crippen molar-refractivity contribution in [1.29, 1.82) is 0 Å². The van der Waals surface area contributed by atoms with Gasteiger partial charge in [-0.1, -0.05) is 12.5 Å². The van der Waals surface area contributed by atoms with Gasteiger partial charge in [-0.15, -0.1) is 11.3 Å². The number of carbonyl (C=O) groups is 4. The van der Waals surface area contributed by atoms with Crippen LogP contribution in [0.4, 0.5) is 8.78 Å². The first-order valence-corrected chi connectivity index (χ1v) is 17.6. The SMILES string of the molecule is [C-]#[N+]C1CN(C(=O)[C@@H]2CC[C@@H]3CCN(C(C)=O)C[C@H](NC(=O)c4cc5cc(C(F)(F)P(=O)(O)O)ccc5s4)C(=O)N32)CC12CCC2. The number of carbonyl (C=O) groups excluding carboxylic acids is 4. The van der Waals surface area contributed by atoms with Gasteiger partial charge < -0.3 is 34.6 Å². The number of amides is 4. The molecule has 4 atom stereocenters. The highest BCUT2D eigenvalue weighted by molar-refractivity contribution is 7.52. The smallest absolute Gasteiger partial charge is 0.340 e. The van der Waals surface area contributed by atoms with Gasteiger partial charge in [-0.05, 0) is 55.7 Å². The Labute approximate surface area is 267 Å². The summed E-state index contributed by atoms with van der Waals surface area (Å²) < 4.78 is 40.4. The minimum Gasteiger partial charge on any atom is -0.340 e. The molecule has 3 saturated heterocycles. The van der Waals surface area contributed by atoms with Crippen molar-refractivity contribution in [2.75, 3.05) is 26.2 Å². The van der Waals surface area contributed by atoms with Crippen LogP contribution in [0.25, 0.3) is 14.9 Å². The van der Waals surface area contributed by atoms with E-state index in [4.69, 9.17) is 16.4 Å². The molecule has 6 rings (SSSR count). The highest BCUT2D eigenvalue weighted by Crippen LogP contribution is 2.59. The van der Waals surface area contributed by atoms with Gasteiger partial charge in [-0.25, -0.2) is 6.57 Å². The second-order valence-corrected chi connectivity index (χ2v) is 15.5. The van der Waals surface area contributed by atoms with Crippen molar-refractivity contribution in [2.45, 2.75) is 75.3 Å². The quantitative estimate of drug-likeness (QED) is 0.325. The molecule has 2 aromatic rings. The van der Waals surface area contributed by atoms with Crippen molar-refractivity contribution in [1.82, 2.24) is 20.0 Å². The Morgan fingerprint density at radius 2 is 1.87 bits per heavy atom. The average molecular weight is 678 g/mol. The van der Waals surface area contributed by atoms with Crippen molar-refractivity contribution in [3.8, 4) is 0 Å². The maximum Gasteiger partial charge on any atom is 0.399 e. The largest absolute Gasteiger partial charge is 0.399 e. The van der Waals surface area contributed by atoms with Crippen LogP contribution in [-0.4, -0.2) is 98.5 Å². The van der Waals surface area contributed by atoms with Crippen LogP contribution in [0.15, 0.2) is 24.3 Å². The molecule has 46 heavy (non-hydrogen) atoms. The second kappa shape index (κ2) is 11.7. The fraction of sp³-hybridized carbons (Fsp3) is 0.567. The van der Waals surface area contributed by atoms with E-state index in [2.05, 4.69) is 10.2 Å². The molecule has 0 radical (unpaired) electrons. The van der Waals surface area contributed by atoms with E-state index in [0.29, 0.717) is 43.6 Å². The first kappa shape index (κ1) is 32.5. The summed E-state index contributed by atoms with van der Waals surface area (Å²) in [7, 11) is -5.80. The molecule has 12 nitrogen and oxygen atoms in total. The van der Waals surface area contributed by atoms with Crippen LogP contribution in [0.2, 0.25) is 0 Å². The number of rotatable bonds is 5. The molecule has 4 heterocycles. The van der Waals surface area contributed by atoms with Crippen molar-refractivity contribution < 1.29 is 42.3 Å². The predicted octanol–water partition coefficient (Wildman–Crippen LogP) is 3.14. The monoisotopic (exact) mass is 677 g/mol. The number of benzene rings is 1. The number of halogens is 2. The minimum absolute atomic E-state index is 0.0644. The second-order valence-electron chi connectivity index (χ2n) is 12.8. The highest BCUT2D eigenvalue weighted by Gasteiger charge is 2.58. The summed E-state index contributed by atoms with van der Waals surface area (Å²) in [5, 5.41) is 2.87. The number of nitrogens with one attached hydrogen (secondary N) is 1. The maximum atomic E-state index is 14.3. The van der Waals surface area contributed by atoms with Gasteiger partial charge in [0.2, 0.25) is 23.8 Å². The number of fused-ring (bicyclic) bond motifs is 2. The number of hydrogen-bond acceptors (Lipinski definition) is 6. The summed E-state index contributed by atoms with van der Waals surface area (Å²) in [4.78, 5) is 80.9. The molecule has 246 valence electrons. The van der Waals surface area contributed by atoms with Gasteiger partial charge in [0.25, 0.3) is 5.91 Å². The van der Waals surface area contributed by atoms with Crippen LogP contribution >= 0.6 is 18.9 Å². The van der Waals surface area contributed by atoms with Crippen LogP contribution in [0.5, 0.6) is 0 Å². The lowest BCUT2D eigenvalue weighted by molar-refractivity contribution is -0.148. The first-order valence-electron chi connectivity index (χ1n) is 15.2. The molecule has 1 spiro atoms. The van der Waals surface area contributed by atoms with E-state index in [1.54, 1.807) is 9.80 Å². The van der Waals surface area contributed by atoms with E-state index >= 15 is 0 Å². The van der Waals surface area contributed by atoms with Gasteiger partial charge in [0.1, 0.15) is 12.1 Å². The summed E-state index contributed by atoms with van der Waals surface area (Å²) in [5.41, 5.74) is -5.49. The summed E-state index contributed by atoms with van der Waals surface area (Å²) in [6.45, 7) is 10.1. The molecule has 3 aliphatic heterocycles. The zero-order chi connectivity index (χ0) is 33.2. The van der Waals surface area contributed by atoms with Gasteiger partial charge in [0.15, 0.2) is 0 Å². The molecular formula is C30H34F2N5O7PS. The molecule has 1 aromatic heterocycles. The summed E-state index contributed by atoms with van der Waals surface area (Å²) in [6, 6.07) is 1.81. The topological polar surface area (TPSA) is 152 Å². The number of nitrogens with zero attached hydrogens (tertiary/aromatic N) is 4. The van der Waals surface area contributed by atoms with E-state index in [1.165, 1.54) is 24.0 Å². The molecule has 1 aliphatic carbocycles. The Morgan fingerprint density at radius 1 is 1.13 bits per heavy atom. The van der Waals surface area contributed by atoms with Gasteiger partial charge in [-0.2, -0.15) is 8.78 Å². The summed E-state index contributed by atoms with van der Waals surface area (Å²) in [6.07, 6.45) is 4.29. The zero-order valence-electron chi connectivity index (χ0n) is 25.0. The molecule has 4 fully saturated rings. The highest BCUT2D eigenvalue weighted by atomic mass is 32.1. The van der Waals surface area contributed by atoms with Gasteiger partial charge >= 0.3 is 13.3 Å². The number of thiophene rings is 1. The van der Waals surface area contributed by atoms with Crippen molar-refractivity contribution in [3.05, 3.63) is 46.1 Å². The third-order valence-corrected chi connectivity index (χ3v) is 12.2. The van der Waals surface area contributed by atoms with Crippen LogP contribution in [-0.2, 0) is 24.6 Å². The lowest BCUT2D eigenvalue weighted by Gasteiger charge is -2.39. The summed E-state index contributed by atoms with van der Waals surface area (Å²) >= 11 is 0.948. The molecule has 1 unspecified atom stereocenters. The first-order chi connectivity index (χ1) is 21.6. The fourth-order valence-electron chi connectivity index (χ4n) is 7.38. The van der Waals surface area contributed by atoms with Crippen molar-refractivity contribution in [2.24, 2.45) is 5.41 Å². The number of likely N-dealkylation sites (tertiary alicyclic amines) is 1. The van der Waals surface area contributed by atoms with Crippen LogP contribution in [0, 0.1) is 12.0 Å². The molecular weight excluding hydrogens is 643 g/mol. The molecule has 1 saturated carbocycles. The maximum absolute atomic E-state index is 14.3. The van der Waals surface area contributed by atoms with E-state index in [-0.39, 0.29) is 46.1 Å². The van der Waals surface area contributed by atoms with E-state index in [0.717, 1.165) is 42.7 Å². The van der Waals surface area contributed by atoms with Gasteiger partial charge in [-0.3, -0.25) is 23.7 Å². The van der Waals surface area contributed by atoms with Gasteiger partial charge in [0, 0.05) is 42.9 Å². The molecule has 16 heteroatoms. The van der Waals surface area contributed by atoms with Crippen molar-refractivity contribution in [3.63, 3.8) is 0 Å². The fourth-order valence-corrected chi connectivity index (χ4v) is 8.80. The van der Waals surface area contributed by atoms with Gasteiger partial charge in [0.05, 0.1) is 16.8 Å². The Kier molecular flexibility index (Phi) is 8.24. The lowest BCUT2D eigenvalue weighted by atomic mass is 9.66. The molecule has 1 aromatic carbocycles. The van der Waals surface area contributed by atoms with Crippen LogP contribution in [0.1, 0.15) is 60.7 Å². The van der Waals surface area contributed by atoms with E-state index in [1.807, 2.05) is 0 Å².